The van der Waals surface area contributed by atoms with Gasteiger partial charge in [-0.15, -0.1) is 0 Å². The second-order valence-electron chi connectivity index (χ2n) is 5.42. The van der Waals surface area contributed by atoms with Gasteiger partial charge in [0.05, 0.1) is 4.90 Å². The molecule has 112 valence electrons. The van der Waals surface area contributed by atoms with Crippen LogP contribution >= 0.6 is 0 Å². The summed E-state index contributed by atoms with van der Waals surface area (Å²) in [7, 11) is -3.51. The van der Waals surface area contributed by atoms with Gasteiger partial charge in [0.15, 0.2) is 0 Å². The van der Waals surface area contributed by atoms with Crippen molar-refractivity contribution in [2.24, 2.45) is 5.73 Å². The Labute approximate surface area is 124 Å². The van der Waals surface area contributed by atoms with Crippen molar-refractivity contribution in [2.75, 3.05) is 13.1 Å². The number of nitrogens with two attached hydrogens (primary N) is 1. The van der Waals surface area contributed by atoms with Crippen LogP contribution in [-0.4, -0.2) is 36.8 Å². The summed E-state index contributed by atoms with van der Waals surface area (Å²) < 4.78 is 27.3. The lowest BCUT2D eigenvalue weighted by molar-refractivity contribution is 0.473. The minimum Gasteiger partial charge on any atom is -0.326 e. The number of pyridine rings is 1. The fourth-order valence-corrected chi connectivity index (χ4v) is 4.63. The predicted octanol–water partition coefficient (Wildman–Crippen LogP) is 1.52. The third-order valence-corrected chi connectivity index (χ3v) is 5.92. The van der Waals surface area contributed by atoms with E-state index in [-0.39, 0.29) is 6.04 Å². The fourth-order valence-electron chi connectivity index (χ4n) is 2.87. The lowest BCUT2D eigenvalue weighted by Crippen LogP contribution is -2.32. The summed E-state index contributed by atoms with van der Waals surface area (Å²) in [5.41, 5.74) is 6.81. The Balaban J connectivity index is 2.20. The number of nitrogens with zero attached hydrogens (tertiary/aromatic N) is 2. The highest BCUT2D eigenvalue weighted by Gasteiger charge is 2.32. The number of hydrogen-bond acceptors (Lipinski definition) is 4. The summed E-state index contributed by atoms with van der Waals surface area (Å²) in [5.74, 6) is 0. The number of rotatable bonds is 3. The van der Waals surface area contributed by atoms with Gasteiger partial charge in [-0.3, -0.25) is 4.98 Å². The molecule has 0 bridgehead atoms. The van der Waals surface area contributed by atoms with E-state index in [1.807, 2.05) is 13.0 Å². The van der Waals surface area contributed by atoms with E-state index < -0.39 is 10.0 Å². The standard InChI is InChI=1S/C15H19N3O2S/c1-2-11-8-17-9-12-4-3-5-14(15(11)12)21(19,20)18-7-6-13(16)10-18/h3-5,8-9,13H,2,6-7,10,16H2,1H3/t13-/m0/s1. The van der Waals surface area contributed by atoms with Gasteiger partial charge >= 0.3 is 0 Å². The molecule has 0 radical (unpaired) electrons. The van der Waals surface area contributed by atoms with Crippen molar-refractivity contribution < 1.29 is 8.42 Å². The molecule has 5 nitrogen and oxygen atoms in total. The molecule has 0 saturated carbocycles. The van der Waals surface area contributed by atoms with Gasteiger partial charge in [0.25, 0.3) is 0 Å². The molecule has 1 atom stereocenters. The highest BCUT2D eigenvalue weighted by atomic mass is 32.2. The third kappa shape index (κ3) is 2.43. The summed E-state index contributed by atoms with van der Waals surface area (Å²) in [6, 6.07) is 5.28. The van der Waals surface area contributed by atoms with Gasteiger partial charge in [-0.05, 0) is 24.5 Å². The third-order valence-electron chi connectivity index (χ3n) is 4.01. The largest absolute Gasteiger partial charge is 0.326 e. The minimum absolute atomic E-state index is 0.0675. The lowest BCUT2D eigenvalue weighted by Gasteiger charge is -2.18. The molecule has 0 spiro atoms. The van der Waals surface area contributed by atoms with Gasteiger partial charge in [0.1, 0.15) is 0 Å². The summed E-state index contributed by atoms with van der Waals surface area (Å²) in [6.45, 7) is 2.89. The molecule has 2 N–H and O–H groups in total. The fraction of sp³-hybridized carbons (Fsp3) is 0.400. The van der Waals surface area contributed by atoms with Gasteiger partial charge < -0.3 is 5.73 Å². The van der Waals surface area contributed by atoms with Gasteiger partial charge in [-0.25, -0.2) is 8.42 Å². The SMILES string of the molecule is CCc1cncc2cccc(S(=O)(=O)N3CC[C@H](N)C3)c12. The van der Waals surface area contributed by atoms with Crippen LogP contribution in [-0.2, 0) is 16.4 Å². The molecule has 1 aliphatic heterocycles. The van der Waals surface area contributed by atoms with Crippen molar-refractivity contribution in [3.63, 3.8) is 0 Å². The number of fused-ring (bicyclic) bond motifs is 1. The van der Waals surface area contributed by atoms with Gasteiger partial charge in [0.2, 0.25) is 10.0 Å². The predicted molar refractivity (Wildman–Crippen MR) is 82.5 cm³/mol. The van der Waals surface area contributed by atoms with Crippen LogP contribution in [0.3, 0.4) is 0 Å². The number of benzene rings is 1. The van der Waals surface area contributed by atoms with E-state index in [0.29, 0.717) is 24.4 Å². The maximum atomic E-state index is 12.9. The van der Waals surface area contributed by atoms with E-state index in [1.165, 1.54) is 4.31 Å². The van der Waals surface area contributed by atoms with E-state index in [4.69, 9.17) is 5.73 Å². The van der Waals surface area contributed by atoms with Crippen molar-refractivity contribution in [1.82, 2.24) is 9.29 Å². The van der Waals surface area contributed by atoms with Crippen LogP contribution in [0.1, 0.15) is 18.9 Å². The van der Waals surface area contributed by atoms with Crippen molar-refractivity contribution >= 4 is 20.8 Å². The van der Waals surface area contributed by atoms with Crippen LogP contribution in [0.25, 0.3) is 10.8 Å². The molecule has 0 unspecified atom stereocenters. The van der Waals surface area contributed by atoms with Crippen molar-refractivity contribution in [1.29, 1.82) is 0 Å². The van der Waals surface area contributed by atoms with Gasteiger partial charge in [-0.1, -0.05) is 19.1 Å². The molecule has 3 rings (SSSR count). The first kappa shape index (κ1) is 14.4. The van der Waals surface area contributed by atoms with E-state index in [0.717, 1.165) is 22.8 Å². The van der Waals surface area contributed by atoms with Crippen LogP contribution in [0.15, 0.2) is 35.5 Å². The molecule has 1 aromatic heterocycles. The average molecular weight is 305 g/mol. The summed E-state index contributed by atoms with van der Waals surface area (Å²) in [6.07, 6.45) is 4.92. The Morgan fingerprint density at radius 1 is 1.38 bits per heavy atom. The Morgan fingerprint density at radius 3 is 2.86 bits per heavy atom. The molecule has 6 heteroatoms. The van der Waals surface area contributed by atoms with Crippen LogP contribution < -0.4 is 5.73 Å². The minimum atomic E-state index is -3.51. The monoisotopic (exact) mass is 305 g/mol. The van der Waals surface area contributed by atoms with Gasteiger partial charge in [-0.2, -0.15) is 4.31 Å². The maximum Gasteiger partial charge on any atom is 0.243 e. The number of aryl methyl sites for hydroxylation is 1. The van der Waals surface area contributed by atoms with Gasteiger partial charge in [0, 0.05) is 42.3 Å². The summed E-state index contributed by atoms with van der Waals surface area (Å²) >= 11 is 0. The van der Waals surface area contributed by atoms with Crippen LogP contribution in [0.4, 0.5) is 0 Å². The zero-order valence-corrected chi connectivity index (χ0v) is 12.8. The highest BCUT2D eigenvalue weighted by molar-refractivity contribution is 7.89. The van der Waals surface area contributed by atoms with E-state index in [1.54, 1.807) is 24.5 Å². The Kier molecular flexibility index (Phi) is 3.69. The maximum absolute atomic E-state index is 12.9. The molecule has 2 aromatic rings. The molecule has 1 fully saturated rings. The number of aromatic nitrogens is 1. The number of sulfonamides is 1. The smallest absolute Gasteiger partial charge is 0.243 e. The second-order valence-corrected chi connectivity index (χ2v) is 7.32. The molecular formula is C15H19N3O2S. The average Bonchev–Trinajstić information content (AvgIpc) is 2.93. The van der Waals surface area contributed by atoms with E-state index in [9.17, 15) is 8.42 Å². The first-order chi connectivity index (χ1) is 10.0. The van der Waals surface area contributed by atoms with E-state index >= 15 is 0 Å². The Bertz CT molecular complexity index is 768. The van der Waals surface area contributed by atoms with Crippen molar-refractivity contribution in [3.8, 4) is 0 Å². The van der Waals surface area contributed by atoms with Crippen molar-refractivity contribution in [3.05, 3.63) is 36.2 Å². The molecule has 1 aliphatic rings. The molecule has 21 heavy (non-hydrogen) atoms. The second kappa shape index (κ2) is 5.36. The Hall–Kier alpha value is -1.50. The zero-order chi connectivity index (χ0) is 15.0. The first-order valence-electron chi connectivity index (χ1n) is 7.15. The molecule has 0 amide bonds. The highest BCUT2D eigenvalue weighted by Crippen LogP contribution is 2.29. The van der Waals surface area contributed by atoms with Crippen molar-refractivity contribution in [2.45, 2.75) is 30.7 Å². The lowest BCUT2D eigenvalue weighted by atomic mass is 10.1. The zero-order valence-electron chi connectivity index (χ0n) is 12.0. The quantitative estimate of drug-likeness (QED) is 0.933. The van der Waals surface area contributed by atoms with Crippen LogP contribution in [0.5, 0.6) is 0 Å². The molecule has 0 aliphatic carbocycles. The summed E-state index contributed by atoms with van der Waals surface area (Å²) in [5, 5.41) is 1.65. The molecular weight excluding hydrogens is 286 g/mol. The van der Waals surface area contributed by atoms with Crippen LogP contribution in [0.2, 0.25) is 0 Å². The first-order valence-corrected chi connectivity index (χ1v) is 8.59. The molecule has 1 aromatic carbocycles. The number of hydrogen-bond donors (Lipinski definition) is 1. The normalized spacial score (nSPS) is 20.2. The molecule has 1 saturated heterocycles. The molecule has 2 heterocycles. The van der Waals surface area contributed by atoms with E-state index in [2.05, 4.69) is 4.98 Å². The topological polar surface area (TPSA) is 76.3 Å². The Morgan fingerprint density at radius 2 is 2.19 bits per heavy atom. The van der Waals surface area contributed by atoms with Crippen LogP contribution in [0, 0.1) is 0 Å². The summed E-state index contributed by atoms with van der Waals surface area (Å²) in [4.78, 5) is 4.56.